The van der Waals surface area contributed by atoms with Crippen LogP contribution < -0.4 is 10.5 Å². The van der Waals surface area contributed by atoms with Gasteiger partial charge < -0.3 is 10.3 Å². The summed E-state index contributed by atoms with van der Waals surface area (Å²) >= 11 is 0. The minimum absolute atomic E-state index is 0.00968. The Morgan fingerprint density at radius 3 is 2.67 bits per heavy atom. The van der Waals surface area contributed by atoms with Crippen molar-refractivity contribution in [2.75, 3.05) is 5.32 Å². The van der Waals surface area contributed by atoms with Crippen molar-refractivity contribution in [3.05, 3.63) is 58.8 Å². The molecule has 140 valence electrons. The van der Waals surface area contributed by atoms with Crippen molar-refractivity contribution in [2.24, 2.45) is 5.14 Å². The van der Waals surface area contributed by atoms with Gasteiger partial charge in [-0.05, 0) is 74.1 Å². The fourth-order valence-corrected chi connectivity index (χ4v) is 4.54. The van der Waals surface area contributed by atoms with Gasteiger partial charge in [-0.15, -0.1) is 0 Å². The van der Waals surface area contributed by atoms with Crippen LogP contribution in [-0.4, -0.2) is 19.3 Å². The molecule has 1 aromatic heterocycles. The normalized spacial score (nSPS) is 14.1. The number of hydrogen-bond donors (Lipinski definition) is 3. The molecule has 0 unspecified atom stereocenters. The number of anilines is 1. The molecule has 0 aliphatic heterocycles. The number of rotatable bonds is 3. The summed E-state index contributed by atoms with van der Waals surface area (Å²) in [6.07, 6.45) is 4.42. The summed E-state index contributed by atoms with van der Waals surface area (Å²) in [7, 11) is -3.84. The van der Waals surface area contributed by atoms with Gasteiger partial charge in [-0.2, -0.15) is 0 Å². The second kappa shape index (κ2) is 6.51. The van der Waals surface area contributed by atoms with Crippen LogP contribution in [0.15, 0.2) is 41.3 Å². The summed E-state index contributed by atoms with van der Waals surface area (Å²) in [5.74, 6) is -0.285. The molecule has 4 rings (SSSR count). The molecular weight excluding hydrogens is 362 g/mol. The third-order valence-corrected chi connectivity index (χ3v) is 6.17. The van der Waals surface area contributed by atoms with Crippen LogP contribution in [0.5, 0.6) is 0 Å². The first kappa shape index (κ1) is 17.8. The average Bonchev–Trinajstić information content (AvgIpc) is 3.00. The summed E-state index contributed by atoms with van der Waals surface area (Å²) in [5, 5.41) is 9.09. The van der Waals surface area contributed by atoms with Crippen molar-refractivity contribution in [1.29, 1.82) is 0 Å². The van der Waals surface area contributed by atoms with Crippen LogP contribution in [0, 0.1) is 6.92 Å². The molecule has 0 saturated heterocycles. The fraction of sp³-hybridized carbons (Fsp3) is 0.250. The molecule has 0 saturated carbocycles. The van der Waals surface area contributed by atoms with Crippen LogP contribution in [0.3, 0.4) is 0 Å². The van der Waals surface area contributed by atoms with E-state index < -0.39 is 10.0 Å². The Bertz CT molecular complexity index is 1160. The van der Waals surface area contributed by atoms with E-state index in [9.17, 15) is 13.2 Å². The molecule has 0 fully saturated rings. The smallest absolute Gasteiger partial charge is 0.255 e. The number of benzene rings is 2. The van der Waals surface area contributed by atoms with Crippen molar-refractivity contribution in [1.82, 2.24) is 4.98 Å². The molecule has 0 spiro atoms. The molecule has 2 aromatic carbocycles. The lowest BCUT2D eigenvalue weighted by molar-refractivity contribution is 0.102. The maximum atomic E-state index is 12.7. The van der Waals surface area contributed by atoms with E-state index in [1.807, 2.05) is 12.1 Å². The molecule has 6 nitrogen and oxygen atoms in total. The number of sulfonamides is 1. The Labute approximate surface area is 157 Å². The van der Waals surface area contributed by atoms with Gasteiger partial charge in [0.15, 0.2) is 0 Å². The minimum atomic E-state index is -3.84. The van der Waals surface area contributed by atoms with Crippen molar-refractivity contribution < 1.29 is 13.2 Å². The van der Waals surface area contributed by atoms with Gasteiger partial charge in [0.25, 0.3) is 5.91 Å². The first-order chi connectivity index (χ1) is 12.8. The number of carbonyl (C=O) groups excluding carboxylic acids is 1. The number of fused-ring (bicyclic) bond motifs is 3. The van der Waals surface area contributed by atoms with Crippen molar-refractivity contribution in [2.45, 2.75) is 37.5 Å². The molecule has 1 aliphatic rings. The summed E-state index contributed by atoms with van der Waals surface area (Å²) in [4.78, 5) is 16.2. The highest BCUT2D eigenvalue weighted by Gasteiger charge is 2.18. The van der Waals surface area contributed by atoms with Crippen molar-refractivity contribution in [3.8, 4) is 0 Å². The van der Waals surface area contributed by atoms with Crippen LogP contribution in [0.25, 0.3) is 10.9 Å². The van der Waals surface area contributed by atoms with Crippen molar-refractivity contribution in [3.63, 3.8) is 0 Å². The Morgan fingerprint density at radius 2 is 1.89 bits per heavy atom. The molecule has 1 aliphatic carbocycles. The molecule has 0 atom stereocenters. The molecule has 7 heteroatoms. The van der Waals surface area contributed by atoms with Crippen LogP contribution >= 0.6 is 0 Å². The lowest BCUT2D eigenvalue weighted by atomic mass is 9.95. The van der Waals surface area contributed by atoms with Gasteiger partial charge in [-0.1, -0.05) is 6.07 Å². The molecule has 4 N–H and O–H groups in total. The van der Waals surface area contributed by atoms with Gasteiger partial charge in [0.1, 0.15) is 0 Å². The predicted octanol–water partition coefficient (Wildman–Crippen LogP) is 3.25. The highest BCUT2D eigenvalue weighted by molar-refractivity contribution is 7.89. The number of primary sulfonamides is 1. The number of aromatic nitrogens is 1. The van der Waals surface area contributed by atoms with Gasteiger partial charge in [-0.3, -0.25) is 4.79 Å². The summed E-state index contributed by atoms with van der Waals surface area (Å²) in [6.45, 7) is 1.66. The first-order valence-electron chi connectivity index (χ1n) is 8.91. The summed E-state index contributed by atoms with van der Waals surface area (Å²) < 4.78 is 23.4. The van der Waals surface area contributed by atoms with E-state index in [1.54, 1.807) is 25.1 Å². The van der Waals surface area contributed by atoms with Crippen LogP contribution in [0.4, 0.5) is 5.69 Å². The maximum absolute atomic E-state index is 12.7. The molecule has 3 aromatic rings. The van der Waals surface area contributed by atoms with E-state index in [1.165, 1.54) is 23.7 Å². The SMILES string of the molecule is Cc1ccc(NC(=O)c2ccc3[nH]c4c(c3c2)CCCC4)cc1S(N)(=O)=O. The largest absolute Gasteiger partial charge is 0.358 e. The fourth-order valence-electron chi connectivity index (χ4n) is 3.73. The number of H-pyrrole nitrogens is 1. The van der Waals surface area contributed by atoms with E-state index in [-0.39, 0.29) is 10.8 Å². The molecular formula is C20H21N3O3S. The third-order valence-electron chi connectivity index (χ3n) is 5.11. The van der Waals surface area contributed by atoms with Crippen LogP contribution in [-0.2, 0) is 22.9 Å². The zero-order chi connectivity index (χ0) is 19.2. The van der Waals surface area contributed by atoms with Crippen LogP contribution in [0.1, 0.15) is 40.0 Å². The minimum Gasteiger partial charge on any atom is -0.358 e. The monoisotopic (exact) mass is 383 g/mol. The highest BCUT2D eigenvalue weighted by Crippen LogP contribution is 2.30. The molecule has 0 bridgehead atoms. The van der Waals surface area contributed by atoms with E-state index in [2.05, 4.69) is 10.3 Å². The molecule has 1 heterocycles. The van der Waals surface area contributed by atoms with E-state index in [0.717, 1.165) is 30.2 Å². The number of carbonyl (C=O) groups is 1. The van der Waals surface area contributed by atoms with Crippen molar-refractivity contribution >= 4 is 32.5 Å². The topological polar surface area (TPSA) is 105 Å². The second-order valence-corrected chi connectivity index (χ2v) is 8.56. The lowest BCUT2D eigenvalue weighted by Crippen LogP contribution is -2.16. The third kappa shape index (κ3) is 3.36. The Kier molecular flexibility index (Phi) is 4.28. The van der Waals surface area contributed by atoms with E-state index in [0.29, 0.717) is 16.8 Å². The standard InChI is InChI=1S/C20H21N3O3S/c1-12-6-8-14(11-19(12)27(21,25)26)22-20(24)13-7-9-18-16(10-13)15-4-2-3-5-17(15)23-18/h6-11,23H,2-5H2,1H3,(H,22,24)(H2,21,25,26). The molecule has 27 heavy (non-hydrogen) atoms. The van der Waals surface area contributed by atoms with Gasteiger partial charge in [0.05, 0.1) is 4.90 Å². The summed E-state index contributed by atoms with van der Waals surface area (Å²) in [5.41, 5.74) is 5.09. The van der Waals surface area contributed by atoms with E-state index in [4.69, 9.17) is 5.14 Å². The highest BCUT2D eigenvalue weighted by atomic mass is 32.2. The number of aryl methyl sites for hydroxylation is 3. The molecule has 1 amide bonds. The Morgan fingerprint density at radius 1 is 1.11 bits per heavy atom. The number of aromatic amines is 1. The van der Waals surface area contributed by atoms with E-state index >= 15 is 0 Å². The zero-order valence-corrected chi connectivity index (χ0v) is 15.8. The average molecular weight is 383 g/mol. The molecule has 0 radical (unpaired) electrons. The van der Waals surface area contributed by atoms with Gasteiger partial charge in [-0.25, -0.2) is 13.6 Å². The lowest BCUT2D eigenvalue weighted by Gasteiger charge is -2.11. The maximum Gasteiger partial charge on any atom is 0.255 e. The van der Waals surface area contributed by atoms with Gasteiger partial charge >= 0.3 is 0 Å². The Balaban J connectivity index is 1.65. The number of amides is 1. The number of nitrogens with one attached hydrogen (secondary N) is 2. The second-order valence-electron chi connectivity index (χ2n) is 7.03. The van der Waals surface area contributed by atoms with Gasteiger partial charge in [0.2, 0.25) is 10.0 Å². The quantitative estimate of drug-likeness (QED) is 0.646. The zero-order valence-electron chi connectivity index (χ0n) is 15.0. The number of hydrogen-bond acceptors (Lipinski definition) is 3. The van der Waals surface area contributed by atoms with Crippen LogP contribution in [0.2, 0.25) is 0 Å². The predicted molar refractivity (Wildman–Crippen MR) is 105 cm³/mol. The first-order valence-corrected chi connectivity index (χ1v) is 10.5. The summed E-state index contributed by atoms with van der Waals surface area (Å²) in [6, 6.07) is 10.3. The number of nitrogens with two attached hydrogens (primary N) is 1. The Hall–Kier alpha value is -2.64. The van der Waals surface area contributed by atoms with Gasteiger partial charge in [0, 0.05) is 27.8 Å².